The highest BCUT2D eigenvalue weighted by Crippen LogP contribution is 2.32. The normalized spacial score (nSPS) is 23.5. The van der Waals surface area contributed by atoms with Crippen molar-refractivity contribution in [2.75, 3.05) is 45.8 Å². The molecule has 7 heteroatoms. The Morgan fingerprint density at radius 2 is 1.81 bits per heavy atom. The molecule has 2 amide bonds. The lowest BCUT2D eigenvalue weighted by atomic mass is 9.96. The van der Waals surface area contributed by atoms with Gasteiger partial charge in [0.25, 0.3) is 0 Å². The average Bonchev–Trinajstić information content (AvgIpc) is 3.10. The van der Waals surface area contributed by atoms with E-state index in [1.165, 1.54) is 0 Å². The molecule has 148 valence electrons. The number of amides is 2. The van der Waals surface area contributed by atoms with Crippen LogP contribution in [0.4, 0.5) is 4.79 Å². The maximum Gasteiger partial charge on any atom is 0.410 e. The first-order valence-electron chi connectivity index (χ1n) is 9.75. The summed E-state index contributed by atoms with van der Waals surface area (Å²) in [5, 5.41) is 0. The fourth-order valence-corrected chi connectivity index (χ4v) is 3.97. The Morgan fingerprint density at radius 1 is 1.11 bits per heavy atom. The highest BCUT2D eigenvalue weighted by molar-refractivity contribution is 5.90. The van der Waals surface area contributed by atoms with Gasteiger partial charge in [0, 0.05) is 45.8 Å². The summed E-state index contributed by atoms with van der Waals surface area (Å²) in [5.41, 5.74) is 5.74. The lowest BCUT2D eigenvalue weighted by Gasteiger charge is -2.41. The Kier molecular flexibility index (Phi) is 6.34. The minimum Gasteiger partial charge on any atom is -0.445 e. The van der Waals surface area contributed by atoms with Crippen LogP contribution in [0.15, 0.2) is 30.3 Å². The third-order valence-electron chi connectivity index (χ3n) is 5.63. The van der Waals surface area contributed by atoms with Crippen molar-refractivity contribution in [3.05, 3.63) is 35.9 Å². The number of carbonyl (C=O) groups excluding carboxylic acids is 2. The number of ether oxygens (including phenoxy) is 1. The molecule has 0 aromatic heterocycles. The Hall–Kier alpha value is -2.12. The molecule has 2 fully saturated rings. The fourth-order valence-electron chi connectivity index (χ4n) is 3.97. The summed E-state index contributed by atoms with van der Waals surface area (Å²) in [6, 6.07) is 9.59. The highest BCUT2D eigenvalue weighted by atomic mass is 16.6. The molecule has 2 N–H and O–H groups in total. The number of hydrogen-bond donors (Lipinski definition) is 1. The number of benzene rings is 1. The first kappa shape index (κ1) is 19.6. The number of nitrogens with two attached hydrogens (primary N) is 1. The van der Waals surface area contributed by atoms with E-state index in [4.69, 9.17) is 10.5 Å². The highest BCUT2D eigenvalue weighted by Gasteiger charge is 2.48. The van der Waals surface area contributed by atoms with Gasteiger partial charge in [0.2, 0.25) is 5.91 Å². The smallest absolute Gasteiger partial charge is 0.410 e. The standard InChI is InChI=1S/C20H30N4O3/c1-20(18(25)23-14-12-22(11-9-21)13-15-23)8-5-10-24(20)19(26)27-16-17-6-3-2-4-7-17/h2-4,6-7H,5,8-16,21H2,1H3. The van der Waals surface area contributed by atoms with Gasteiger partial charge in [-0.25, -0.2) is 4.79 Å². The van der Waals surface area contributed by atoms with E-state index in [9.17, 15) is 9.59 Å². The molecular formula is C20H30N4O3. The fraction of sp³-hybridized carbons (Fsp3) is 0.600. The van der Waals surface area contributed by atoms with Gasteiger partial charge in [-0.2, -0.15) is 0 Å². The van der Waals surface area contributed by atoms with Gasteiger partial charge in [-0.15, -0.1) is 0 Å². The van der Waals surface area contributed by atoms with Crippen LogP contribution < -0.4 is 5.73 Å². The maximum absolute atomic E-state index is 13.2. The van der Waals surface area contributed by atoms with E-state index in [2.05, 4.69) is 4.90 Å². The number of carbonyl (C=O) groups is 2. The summed E-state index contributed by atoms with van der Waals surface area (Å²) < 4.78 is 5.49. The van der Waals surface area contributed by atoms with Crippen molar-refractivity contribution < 1.29 is 14.3 Å². The molecule has 3 rings (SSSR count). The molecule has 2 aliphatic heterocycles. The third-order valence-corrected chi connectivity index (χ3v) is 5.63. The van der Waals surface area contributed by atoms with E-state index >= 15 is 0 Å². The Labute approximate surface area is 161 Å². The van der Waals surface area contributed by atoms with Crippen LogP contribution in [0.5, 0.6) is 0 Å². The van der Waals surface area contributed by atoms with Crippen LogP contribution in [-0.4, -0.2) is 78.1 Å². The minimum absolute atomic E-state index is 0.0315. The first-order valence-corrected chi connectivity index (χ1v) is 9.75. The number of hydrogen-bond acceptors (Lipinski definition) is 5. The molecule has 2 aliphatic rings. The van der Waals surface area contributed by atoms with Crippen molar-refractivity contribution in [3.8, 4) is 0 Å². The quantitative estimate of drug-likeness (QED) is 0.840. The zero-order chi connectivity index (χ0) is 19.3. The predicted octanol–water partition coefficient (Wildman–Crippen LogP) is 1.28. The van der Waals surface area contributed by atoms with E-state index < -0.39 is 11.6 Å². The molecule has 0 saturated carbocycles. The van der Waals surface area contributed by atoms with E-state index in [1.807, 2.05) is 42.2 Å². The van der Waals surface area contributed by atoms with E-state index in [0.717, 1.165) is 31.6 Å². The molecule has 1 aromatic rings. The Morgan fingerprint density at radius 3 is 2.48 bits per heavy atom. The molecule has 0 radical (unpaired) electrons. The van der Waals surface area contributed by atoms with Crippen LogP contribution in [0, 0.1) is 0 Å². The zero-order valence-corrected chi connectivity index (χ0v) is 16.1. The molecule has 0 spiro atoms. The predicted molar refractivity (Wildman–Crippen MR) is 103 cm³/mol. The van der Waals surface area contributed by atoms with Gasteiger partial charge >= 0.3 is 6.09 Å². The minimum atomic E-state index is -0.816. The van der Waals surface area contributed by atoms with E-state index in [0.29, 0.717) is 32.6 Å². The Balaban J connectivity index is 1.59. The average molecular weight is 374 g/mol. The van der Waals surface area contributed by atoms with Gasteiger partial charge in [0.1, 0.15) is 12.1 Å². The molecule has 1 unspecified atom stereocenters. The Bertz CT molecular complexity index is 646. The first-order chi connectivity index (χ1) is 13.0. The van der Waals surface area contributed by atoms with Crippen LogP contribution in [0.25, 0.3) is 0 Å². The third kappa shape index (κ3) is 4.42. The summed E-state index contributed by atoms with van der Waals surface area (Å²) in [4.78, 5) is 31.6. The van der Waals surface area contributed by atoms with Crippen LogP contribution in [0.3, 0.4) is 0 Å². The van der Waals surface area contributed by atoms with Crippen LogP contribution in [0.2, 0.25) is 0 Å². The molecule has 27 heavy (non-hydrogen) atoms. The second kappa shape index (κ2) is 8.71. The number of rotatable bonds is 5. The molecule has 0 aliphatic carbocycles. The van der Waals surface area contributed by atoms with Crippen molar-refractivity contribution in [1.29, 1.82) is 0 Å². The lowest BCUT2D eigenvalue weighted by Crippen LogP contribution is -2.60. The molecule has 2 saturated heterocycles. The largest absolute Gasteiger partial charge is 0.445 e. The van der Waals surface area contributed by atoms with Crippen LogP contribution in [0.1, 0.15) is 25.3 Å². The molecule has 1 atom stereocenters. The SMILES string of the molecule is CC1(C(=O)N2CCN(CCN)CC2)CCCN1C(=O)OCc1ccccc1. The van der Waals surface area contributed by atoms with E-state index in [-0.39, 0.29) is 12.5 Å². The second-order valence-electron chi connectivity index (χ2n) is 7.49. The second-order valence-corrected chi connectivity index (χ2v) is 7.49. The van der Waals surface area contributed by atoms with Crippen molar-refractivity contribution in [3.63, 3.8) is 0 Å². The van der Waals surface area contributed by atoms with Gasteiger partial charge in [0.05, 0.1) is 0 Å². The summed E-state index contributed by atoms with van der Waals surface area (Å²) in [5.74, 6) is 0.0315. The molecule has 0 bridgehead atoms. The van der Waals surface area contributed by atoms with Crippen molar-refractivity contribution in [2.24, 2.45) is 5.73 Å². The monoisotopic (exact) mass is 374 g/mol. The summed E-state index contributed by atoms with van der Waals surface area (Å²) in [6.45, 7) is 7.17. The zero-order valence-electron chi connectivity index (χ0n) is 16.1. The number of nitrogens with zero attached hydrogens (tertiary/aromatic N) is 3. The number of piperazine rings is 1. The van der Waals surface area contributed by atoms with Gasteiger partial charge in [0.15, 0.2) is 0 Å². The van der Waals surface area contributed by atoms with Gasteiger partial charge in [-0.3, -0.25) is 14.6 Å². The molecule has 7 nitrogen and oxygen atoms in total. The van der Waals surface area contributed by atoms with Crippen LogP contribution >= 0.6 is 0 Å². The summed E-state index contributed by atoms with van der Waals surface area (Å²) in [6.07, 6.45) is 1.08. The van der Waals surface area contributed by atoms with Gasteiger partial charge in [-0.05, 0) is 25.3 Å². The number of likely N-dealkylation sites (tertiary alicyclic amines) is 1. The van der Waals surface area contributed by atoms with Crippen LogP contribution in [-0.2, 0) is 16.1 Å². The molecule has 2 heterocycles. The molecule has 1 aromatic carbocycles. The summed E-state index contributed by atoms with van der Waals surface area (Å²) >= 11 is 0. The maximum atomic E-state index is 13.2. The van der Waals surface area contributed by atoms with Gasteiger partial charge < -0.3 is 15.4 Å². The van der Waals surface area contributed by atoms with Crippen molar-refractivity contribution in [2.45, 2.75) is 31.9 Å². The van der Waals surface area contributed by atoms with E-state index in [1.54, 1.807) is 4.90 Å². The molecular weight excluding hydrogens is 344 g/mol. The lowest BCUT2D eigenvalue weighted by molar-refractivity contribution is -0.143. The van der Waals surface area contributed by atoms with Crippen molar-refractivity contribution >= 4 is 12.0 Å². The topological polar surface area (TPSA) is 79.1 Å². The van der Waals surface area contributed by atoms with Crippen molar-refractivity contribution in [1.82, 2.24) is 14.7 Å². The summed E-state index contributed by atoms with van der Waals surface area (Å²) in [7, 11) is 0. The van der Waals surface area contributed by atoms with Gasteiger partial charge in [-0.1, -0.05) is 30.3 Å².